The minimum Gasteiger partial charge on any atom is -0.491 e. The van der Waals surface area contributed by atoms with Crippen LogP contribution in [-0.4, -0.2) is 37.2 Å². The Labute approximate surface area is 236 Å². The van der Waals surface area contributed by atoms with Gasteiger partial charge in [0.05, 0.1) is 12.7 Å². The molecule has 0 N–H and O–H groups in total. The van der Waals surface area contributed by atoms with Gasteiger partial charge in [-0.25, -0.2) is 0 Å². The lowest BCUT2D eigenvalue weighted by Gasteiger charge is -2.32. The number of benzene rings is 3. The Bertz CT molecular complexity index is 1260. The van der Waals surface area contributed by atoms with Crippen molar-refractivity contribution in [3.63, 3.8) is 0 Å². The van der Waals surface area contributed by atoms with Crippen molar-refractivity contribution in [2.75, 3.05) is 26.4 Å². The van der Waals surface area contributed by atoms with Crippen molar-refractivity contribution in [2.24, 2.45) is 0 Å². The highest BCUT2D eigenvalue weighted by molar-refractivity contribution is 7.79. The second kappa shape index (κ2) is 12.6. The molecule has 4 nitrogen and oxygen atoms in total. The topological polar surface area (TPSA) is 46.6 Å². The third-order valence-electron chi connectivity index (χ3n) is 8.36. The van der Waals surface area contributed by atoms with E-state index < -0.39 is 7.14 Å². The Morgan fingerprint density at radius 1 is 0.846 bits per heavy atom. The van der Waals surface area contributed by atoms with E-state index in [-0.39, 0.29) is 22.9 Å². The fraction of sp³-hybridized carbons (Fsp3) is 0.441. The first-order chi connectivity index (χ1) is 18.4. The van der Waals surface area contributed by atoms with Crippen molar-refractivity contribution in [2.45, 2.75) is 72.1 Å². The molecular formula is C34H46NO3P. The van der Waals surface area contributed by atoms with Gasteiger partial charge in [-0.1, -0.05) is 114 Å². The molecule has 39 heavy (non-hydrogen) atoms. The number of likely N-dealkylation sites (N-methyl/N-ethyl adjacent to an activating group) is 1. The molecule has 1 amide bonds. The Kier molecular flexibility index (Phi) is 9.88. The summed E-state index contributed by atoms with van der Waals surface area (Å²) in [6.45, 7) is 16.4. The molecule has 0 atom stereocenters. The second-order valence-electron chi connectivity index (χ2n) is 11.9. The lowest BCUT2D eigenvalue weighted by molar-refractivity contribution is -0.127. The summed E-state index contributed by atoms with van der Waals surface area (Å²) in [5.74, 6) is 0.762. The van der Waals surface area contributed by atoms with E-state index in [0.29, 0.717) is 23.8 Å². The van der Waals surface area contributed by atoms with E-state index in [2.05, 4.69) is 60.6 Å². The van der Waals surface area contributed by atoms with Gasteiger partial charge >= 0.3 is 0 Å². The van der Waals surface area contributed by atoms with E-state index >= 15 is 0 Å². The summed E-state index contributed by atoms with van der Waals surface area (Å²) < 4.78 is 20.7. The number of hydrogen-bond donors (Lipinski definition) is 0. The highest BCUT2D eigenvalue weighted by atomic mass is 31.2. The Balaban J connectivity index is 1.79. The summed E-state index contributed by atoms with van der Waals surface area (Å²) in [6.07, 6.45) is 2.00. The van der Waals surface area contributed by atoms with Gasteiger partial charge in [-0.05, 0) is 41.7 Å². The highest BCUT2D eigenvalue weighted by Crippen LogP contribution is 2.43. The molecule has 3 aromatic carbocycles. The molecule has 3 aromatic rings. The molecule has 5 heteroatoms. The van der Waals surface area contributed by atoms with Gasteiger partial charge in [-0.15, -0.1) is 0 Å². The summed E-state index contributed by atoms with van der Waals surface area (Å²) in [7, 11) is -1.36. The summed E-state index contributed by atoms with van der Waals surface area (Å²) in [5, 5.41) is 1.40. The van der Waals surface area contributed by atoms with Crippen molar-refractivity contribution in [3.05, 3.63) is 89.5 Å². The quantitative estimate of drug-likeness (QED) is 0.225. The molecule has 0 aliphatic heterocycles. The smallest absolute Gasteiger partial charge is 0.230 e. The van der Waals surface area contributed by atoms with Crippen molar-refractivity contribution < 1.29 is 14.1 Å². The van der Waals surface area contributed by atoms with Gasteiger partial charge in [0.2, 0.25) is 5.91 Å². The average molecular weight is 548 g/mol. The van der Waals surface area contributed by atoms with Crippen LogP contribution in [0.5, 0.6) is 5.75 Å². The zero-order chi connectivity index (χ0) is 28.8. The number of hydrogen-bond acceptors (Lipinski definition) is 3. The first kappa shape index (κ1) is 30.7. The Morgan fingerprint density at radius 3 is 1.85 bits per heavy atom. The van der Waals surface area contributed by atoms with Gasteiger partial charge in [-0.3, -0.25) is 4.79 Å². The molecule has 0 spiro atoms. The summed E-state index contributed by atoms with van der Waals surface area (Å²) in [4.78, 5) is 15.0. The van der Waals surface area contributed by atoms with Crippen LogP contribution in [0.15, 0.2) is 72.8 Å². The molecule has 0 saturated heterocycles. The number of amides is 1. The summed E-state index contributed by atoms with van der Waals surface area (Å²) >= 11 is 0. The van der Waals surface area contributed by atoms with Crippen LogP contribution in [0.25, 0.3) is 0 Å². The highest BCUT2D eigenvalue weighted by Gasteiger charge is 2.32. The zero-order valence-electron chi connectivity index (χ0n) is 25.1. The van der Waals surface area contributed by atoms with E-state index in [4.69, 9.17) is 4.74 Å². The van der Waals surface area contributed by atoms with Crippen LogP contribution in [0, 0.1) is 6.92 Å². The molecule has 0 aromatic heterocycles. The van der Waals surface area contributed by atoms with Crippen LogP contribution < -0.4 is 15.3 Å². The molecule has 0 aliphatic carbocycles. The fourth-order valence-corrected chi connectivity index (χ4v) is 7.24. The maximum atomic E-state index is 14.3. The van der Waals surface area contributed by atoms with Crippen LogP contribution in [0.2, 0.25) is 0 Å². The molecular weight excluding hydrogens is 501 g/mol. The Morgan fingerprint density at radius 2 is 1.36 bits per heavy atom. The second-order valence-corrected chi connectivity index (χ2v) is 14.7. The molecule has 0 heterocycles. The summed E-state index contributed by atoms with van der Waals surface area (Å²) in [6, 6.07) is 23.3. The maximum absolute atomic E-state index is 14.3. The maximum Gasteiger partial charge on any atom is 0.230 e. The van der Waals surface area contributed by atoms with Crippen molar-refractivity contribution in [3.8, 4) is 5.75 Å². The van der Waals surface area contributed by atoms with Crippen LogP contribution in [0.4, 0.5) is 0 Å². The number of carbonyl (C=O) groups is 1. The molecule has 0 bridgehead atoms. The predicted molar refractivity (Wildman–Crippen MR) is 166 cm³/mol. The van der Waals surface area contributed by atoms with E-state index in [1.54, 1.807) is 11.9 Å². The molecule has 0 aliphatic rings. The summed E-state index contributed by atoms with van der Waals surface area (Å²) in [5.41, 5.74) is 3.71. The van der Waals surface area contributed by atoms with Gasteiger partial charge < -0.3 is 14.2 Å². The third-order valence-corrected chi connectivity index (χ3v) is 11.3. The number of carbonyl (C=O) groups excluding carboxylic acids is 1. The van der Waals surface area contributed by atoms with Crippen molar-refractivity contribution in [1.82, 2.24) is 4.90 Å². The predicted octanol–water partition coefficient (Wildman–Crippen LogP) is 7.22. The van der Waals surface area contributed by atoms with Crippen LogP contribution >= 0.6 is 7.14 Å². The van der Waals surface area contributed by atoms with E-state index in [0.717, 1.165) is 24.2 Å². The fourth-order valence-electron chi connectivity index (χ4n) is 4.64. The number of ether oxygens (including phenoxy) is 1. The van der Waals surface area contributed by atoms with Gasteiger partial charge in [0.1, 0.15) is 12.4 Å². The zero-order valence-corrected chi connectivity index (χ0v) is 26.0. The molecule has 0 saturated carbocycles. The standard InChI is InChI=1S/C34H46NO3P/c1-9-33(4,5)27-23-26(3)32(30(24-27)34(6,7)10-2)38-22-21-35(8)31(36)25-39(37,28-17-13-11-14-18-28)29-19-15-12-16-20-29/h11-20,23-24H,9-10,21-22,25H2,1-8H3. The number of rotatable bonds is 12. The van der Waals surface area contributed by atoms with Gasteiger partial charge in [-0.2, -0.15) is 0 Å². The monoisotopic (exact) mass is 547 g/mol. The molecule has 0 radical (unpaired) electrons. The van der Waals surface area contributed by atoms with Gasteiger partial charge in [0.25, 0.3) is 0 Å². The SMILES string of the molecule is CCC(C)(C)c1cc(C)c(OCCN(C)C(=O)CP(=O)(c2ccccc2)c2ccccc2)c(C(C)(C)CC)c1. The third kappa shape index (κ3) is 7.03. The van der Waals surface area contributed by atoms with Gasteiger partial charge in [0, 0.05) is 23.2 Å². The first-order valence-electron chi connectivity index (χ1n) is 14.1. The van der Waals surface area contributed by atoms with E-state index in [1.807, 2.05) is 60.7 Å². The molecule has 0 fully saturated rings. The minimum absolute atomic E-state index is 0.0420. The molecule has 3 rings (SSSR count). The molecule has 0 unspecified atom stereocenters. The lowest BCUT2D eigenvalue weighted by Crippen LogP contribution is -2.35. The molecule has 210 valence electrons. The van der Waals surface area contributed by atoms with Gasteiger partial charge in [0.15, 0.2) is 7.14 Å². The van der Waals surface area contributed by atoms with Crippen LogP contribution in [0.1, 0.15) is 71.1 Å². The van der Waals surface area contributed by atoms with E-state index in [9.17, 15) is 9.36 Å². The minimum atomic E-state index is -3.12. The Hall–Kier alpha value is -2.84. The normalized spacial score (nSPS) is 12.3. The first-order valence-corrected chi connectivity index (χ1v) is 16.0. The van der Waals surface area contributed by atoms with Crippen molar-refractivity contribution >= 4 is 23.7 Å². The lowest BCUT2D eigenvalue weighted by atomic mass is 9.75. The van der Waals surface area contributed by atoms with Crippen LogP contribution in [0.3, 0.4) is 0 Å². The van der Waals surface area contributed by atoms with Crippen LogP contribution in [-0.2, 0) is 20.2 Å². The largest absolute Gasteiger partial charge is 0.491 e. The average Bonchev–Trinajstić information content (AvgIpc) is 2.94. The number of nitrogens with zero attached hydrogens (tertiary/aromatic N) is 1. The van der Waals surface area contributed by atoms with E-state index in [1.165, 1.54) is 11.1 Å². The van der Waals surface area contributed by atoms with Crippen molar-refractivity contribution in [1.29, 1.82) is 0 Å². The number of aryl methyl sites for hydroxylation is 1.